The van der Waals surface area contributed by atoms with Gasteiger partial charge in [-0.25, -0.2) is 45.0 Å². The first-order chi connectivity index (χ1) is 25.6. The van der Waals surface area contributed by atoms with Gasteiger partial charge in [0.15, 0.2) is 25.7 Å². The molecule has 4 aromatic rings. The maximum Gasteiger partial charge on any atom is 0.267 e. The van der Waals surface area contributed by atoms with Gasteiger partial charge in [0.05, 0.1) is 39.1 Å². The van der Waals surface area contributed by atoms with Crippen molar-refractivity contribution in [1.82, 2.24) is 19.9 Å². The molecule has 286 valence electrons. The fourth-order valence-electron chi connectivity index (χ4n) is 9.22. The van der Waals surface area contributed by atoms with Gasteiger partial charge in [-0.3, -0.25) is 9.62 Å². The predicted octanol–water partition coefficient (Wildman–Crippen LogP) is 5.04. The quantitative estimate of drug-likeness (QED) is 0.208. The van der Waals surface area contributed by atoms with Crippen molar-refractivity contribution in [3.05, 3.63) is 66.1 Å². The van der Waals surface area contributed by atoms with Gasteiger partial charge >= 0.3 is 0 Å². The zero-order valence-corrected chi connectivity index (χ0v) is 31.6. The van der Waals surface area contributed by atoms with E-state index in [4.69, 9.17) is 9.97 Å². The summed E-state index contributed by atoms with van der Waals surface area (Å²) in [5.74, 6) is -2.89. The number of benzene rings is 2. The summed E-state index contributed by atoms with van der Waals surface area (Å²) in [6.07, 6.45) is 6.30. The SMILES string of the molecule is CC1(O)CC(N2CC3CCC(C2)N3c2nc(-c3cccc(NS(=O)(=O)c4c(F)cccc4F)c3F)c(-c3ccnc(NC4CC5(C4)CS(=O)(=O)C5)n3)s2)C1. The Hall–Kier alpha value is -3.84. The minimum absolute atomic E-state index is 0.0000301. The highest BCUT2D eigenvalue weighted by Gasteiger charge is 2.56. The van der Waals surface area contributed by atoms with Gasteiger partial charge in [0.1, 0.15) is 11.6 Å². The third kappa shape index (κ3) is 6.32. The Morgan fingerprint density at radius 1 is 0.926 bits per heavy atom. The first-order valence-corrected chi connectivity index (χ1v) is 22.0. The Balaban J connectivity index is 1.05. The highest BCUT2D eigenvalue weighted by Crippen LogP contribution is 2.51. The lowest BCUT2D eigenvalue weighted by Crippen LogP contribution is -2.62. The molecule has 2 bridgehead atoms. The zero-order chi connectivity index (χ0) is 37.8. The lowest BCUT2D eigenvalue weighted by atomic mass is 9.67. The first kappa shape index (κ1) is 35.8. The minimum Gasteiger partial charge on any atom is -0.390 e. The normalized spacial score (nSPS) is 27.3. The molecule has 2 saturated carbocycles. The number of nitrogens with zero attached hydrogens (tertiary/aromatic N) is 5. The summed E-state index contributed by atoms with van der Waals surface area (Å²) in [4.78, 5) is 18.2. The topological polar surface area (TPSA) is 158 Å². The van der Waals surface area contributed by atoms with Gasteiger partial charge in [0, 0.05) is 54.4 Å². The van der Waals surface area contributed by atoms with E-state index in [2.05, 4.69) is 20.1 Å². The smallest absolute Gasteiger partial charge is 0.267 e. The van der Waals surface area contributed by atoms with E-state index >= 15 is 4.39 Å². The van der Waals surface area contributed by atoms with Crippen molar-refractivity contribution in [3.63, 3.8) is 0 Å². The van der Waals surface area contributed by atoms with Crippen LogP contribution in [0.25, 0.3) is 21.8 Å². The number of hydrogen-bond acceptors (Lipinski definition) is 12. The number of piperazine rings is 1. The summed E-state index contributed by atoms with van der Waals surface area (Å²) in [6, 6.07) is 9.02. The summed E-state index contributed by atoms with van der Waals surface area (Å²) in [5, 5.41) is 14.4. The Kier molecular flexibility index (Phi) is 8.36. The predicted molar refractivity (Wildman–Crippen MR) is 198 cm³/mol. The summed E-state index contributed by atoms with van der Waals surface area (Å²) >= 11 is 1.35. The second-order valence-corrected chi connectivity index (χ2v) is 20.5. The second kappa shape index (κ2) is 12.6. The summed E-state index contributed by atoms with van der Waals surface area (Å²) in [6.45, 7) is 3.46. The number of rotatable bonds is 9. The Morgan fingerprint density at radius 2 is 1.59 bits per heavy atom. The average molecular weight is 802 g/mol. The molecule has 54 heavy (non-hydrogen) atoms. The Morgan fingerprint density at radius 3 is 2.24 bits per heavy atom. The number of aromatic nitrogens is 3. The fourth-order valence-corrected chi connectivity index (χ4v) is 13.9. The van der Waals surface area contributed by atoms with Crippen LogP contribution in [0.2, 0.25) is 0 Å². The van der Waals surface area contributed by atoms with Gasteiger partial charge in [0.2, 0.25) is 5.95 Å². The zero-order valence-electron chi connectivity index (χ0n) is 29.2. The van der Waals surface area contributed by atoms with Gasteiger partial charge in [0.25, 0.3) is 10.0 Å². The van der Waals surface area contributed by atoms with E-state index in [0.29, 0.717) is 40.5 Å². The number of likely N-dealkylation sites (tertiary alicyclic amines) is 1. The van der Waals surface area contributed by atoms with Crippen molar-refractivity contribution in [2.24, 2.45) is 5.41 Å². The number of sulfonamides is 1. The lowest BCUT2D eigenvalue weighted by Gasteiger charge is -2.53. The molecule has 2 aromatic carbocycles. The van der Waals surface area contributed by atoms with Crippen LogP contribution in [0.5, 0.6) is 0 Å². The summed E-state index contributed by atoms with van der Waals surface area (Å²) in [7, 11) is -7.83. The fraction of sp³-hybridized carbons (Fsp3) is 0.472. The highest BCUT2D eigenvalue weighted by molar-refractivity contribution is 7.93. The molecule has 5 heterocycles. The van der Waals surface area contributed by atoms with Gasteiger partial charge in [-0.15, -0.1) is 0 Å². The molecule has 1 spiro atoms. The van der Waals surface area contributed by atoms with E-state index < -0.39 is 53.5 Å². The number of thiazole rings is 1. The number of anilines is 3. The van der Waals surface area contributed by atoms with Crippen LogP contribution in [-0.2, 0) is 19.9 Å². The molecule has 3 aliphatic heterocycles. The maximum atomic E-state index is 16.6. The molecule has 0 amide bonds. The number of halogens is 3. The Bertz CT molecular complexity index is 2330. The van der Waals surface area contributed by atoms with Gasteiger partial charge < -0.3 is 15.3 Å². The molecule has 9 rings (SSSR count). The molecule has 5 fully saturated rings. The summed E-state index contributed by atoms with van der Waals surface area (Å²) < 4.78 is 97.5. The maximum absolute atomic E-state index is 16.6. The van der Waals surface area contributed by atoms with Crippen molar-refractivity contribution in [2.75, 3.05) is 39.5 Å². The van der Waals surface area contributed by atoms with Crippen LogP contribution in [-0.4, -0.2) is 96.2 Å². The lowest BCUT2D eigenvalue weighted by molar-refractivity contribution is -0.0820. The van der Waals surface area contributed by atoms with Crippen molar-refractivity contribution < 1.29 is 35.1 Å². The molecule has 2 unspecified atom stereocenters. The number of nitrogens with one attached hydrogen (secondary N) is 2. The van der Waals surface area contributed by atoms with Crippen LogP contribution in [0.15, 0.2) is 53.6 Å². The van der Waals surface area contributed by atoms with E-state index in [1.54, 1.807) is 12.3 Å². The van der Waals surface area contributed by atoms with Gasteiger partial charge in [-0.05, 0) is 75.8 Å². The highest BCUT2D eigenvalue weighted by atomic mass is 32.2. The molecular weight excluding hydrogens is 764 g/mol. The monoisotopic (exact) mass is 801 g/mol. The van der Waals surface area contributed by atoms with Crippen LogP contribution in [0.3, 0.4) is 0 Å². The molecule has 2 aliphatic carbocycles. The van der Waals surface area contributed by atoms with Crippen molar-refractivity contribution >= 4 is 48.0 Å². The van der Waals surface area contributed by atoms with Crippen LogP contribution in [0.1, 0.15) is 45.4 Å². The van der Waals surface area contributed by atoms with E-state index in [9.17, 15) is 30.7 Å². The van der Waals surface area contributed by atoms with Crippen molar-refractivity contribution in [1.29, 1.82) is 0 Å². The minimum atomic E-state index is -4.87. The van der Waals surface area contributed by atoms with E-state index in [1.165, 1.54) is 29.5 Å². The molecule has 5 aliphatic rings. The Labute approximate surface area is 314 Å². The average Bonchev–Trinajstić information content (AvgIpc) is 3.60. The van der Waals surface area contributed by atoms with Crippen LogP contribution >= 0.6 is 11.3 Å². The number of aliphatic hydroxyl groups is 1. The molecular formula is C36H38F3N7O5S3. The standard InChI is InChI=1S/C36H38F3N7O5S3/c1-35(47)14-23(15-35)45-16-21-8-9-22(17-45)46(21)34-43-30(24-4-2-7-27(29(24)39)44-54(50,51)32-25(37)5-3-6-26(32)38)31(52-34)28-10-11-40-33(42-28)41-20-12-36(13-20)18-53(48,49)19-36/h2-7,10-11,20-23,44,47H,8-9,12-19H2,1H3,(H,40,41,42). The largest absolute Gasteiger partial charge is 0.390 e. The van der Waals surface area contributed by atoms with Crippen LogP contribution < -0.4 is 14.9 Å². The third-order valence-electron chi connectivity index (χ3n) is 11.5. The van der Waals surface area contributed by atoms with E-state index in [1.807, 2.05) is 11.6 Å². The number of sulfone groups is 1. The second-order valence-electron chi connectivity index (χ2n) is 15.8. The molecule has 18 heteroatoms. The molecule has 12 nitrogen and oxygen atoms in total. The molecule has 0 radical (unpaired) electrons. The van der Waals surface area contributed by atoms with Crippen molar-refractivity contribution in [2.45, 2.75) is 80.1 Å². The van der Waals surface area contributed by atoms with Gasteiger partial charge in [-0.1, -0.05) is 23.5 Å². The molecule has 3 saturated heterocycles. The molecule has 2 atom stereocenters. The van der Waals surface area contributed by atoms with E-state index in [0.717, 1.165) is 57.0 Å². The molecule has 3 N–H and O–H groups in total. The van der Waals surface area contributed by atoms with Crippen LogP contribution in [0, 0.1) is 22.9 Å². The third-order valence-corrected chi connectivity index (χ3v) is 16.1. The number of fused-ring (bicyclic) bond motifs is 2. The number of hydrogen-bond donors (Lipinski definition) is 3. The van der Waals surface area contributed by atoms with E-state index in [-0.39, 0.29) is 46.3 Å². The van der Waals surface area contributed by atoms with Gasteiger partial charge in [-0.2, -0.15) is 0 Å². The van der Waals surface area contributed by atoms with Crippen LogP contribution in [0.4, 0.5) is 29.9 Å². The summed E-state index contributed by atoms with van der Waals surface area (Å²) in [5.41, 5.74) is -0.704. The first-order valence-electron chi connectivity index (χ1n) is 17.9. The van der Waals surface area contributed by atoms with Crippen molar-refractivity contribution in [3.8, 4) is 21.8 Å². The molecule has 2 aromatic heterocycles.